The third-order valence-electron chi connectivity index (χ3n) is 6.22. The van der Waals surface area contributed by atoms with Crippen LogP contribution < -0.4 is 4.90 Å². The zero-order chi connectivity index (χ0) is 23.2. The third-order valence-corrected chi connectivity index (χ3v) is 7.35. The van der Waals surface area contributed by atoms with Gasteiger partial charge in [0.1, 0.15) is 0 Å². The number of carbonyl (C=O) groups is 1. The summed E-state index contributed by atoms with van der Waals surface area (Å²) in [4.78, 5) is 24.0. The summed E-state index contributed by atoms with van der Waals surface area (Å²) in [6, 6.07) is 30.8. The maximum absolute atomic E-state index is 13.7. The van der Waals surface area contributed by atoms with E-state index in [2.05, 4.69) is 41.3 Å². The summed E-state index contributed by atoms with van der Waals surface area (Å²) >= 11 is 1.60. The highest BCUT2D eigenvalue weighted by Crippen LogP contribution is 2.40. The molecule has 34 heavy (non-hydrogen) atoms. The van der Waals surface area contributed by atoms with Crippen molar-refractivity contribution in [3.63, 3.8) is 0 Å². The summed E-state index contributed by atoms with van der Waals surface area (Å²) in [6.07, 6.45) is 3.59. The summed E-state index contributed by atoms with van der Waals surface area (Å²) in [5.74, 6) is 0.110. The smallest absolute Gasteiger partial charge is 0.243 e. The van der Waals surface area contributed by atoms with Crippen molar-refractivity contribution in [3.05, 3.63) is 96.6 Å². The van der Waals surface area contributed by atoms with Crippen molar-refractivity contribution in [2.75, 3.05) is 24.5 Å². The van der Waals surface area contributed by atoms with Gasteiger partial charge < -0.3 is 0 Å². The molecule has 0 saturated carbocycles. The van der Waals surface area contributed by atoms with E-state index in [1.165, 1.54) is 19.3 Å². The number of amides is 1. The number of hydrogen-bond acceptors (Lipinski definition) is 4. The maximum atomic E-state index is 13.7. The molecule has 0 aliphatic carbocycles. The van der Waals surface area contributed by atoms with Crippen LogP contribution in [-0.4, -0.2) is 35.4 Å². The van der Waals surface area contributed by atoms with E-state index in [4.69, 9.17) is 4.98 Å². The van der Waals surface area contributed by atoms with E-state index in [-0.39, 0.29) is 5.91 Å². The Labute approximate surface area is 205 Å². The van der Waals surface area contributed by atoms with Crippen LogP contribution in [0.3, 0.4) is 0 Å². The van der Waals surface area contributed by atoms with Gasteiger partial charge in [-0.25, -0.2) is 4.98 Å². The van der Waals surface area contributed by atoms with Gasteiger partial charge in [0.2, 0.25) is 5.91 Å². The average molecular weight is 468 g/mol. The number of carbonyl (C=O) groups excluding carboxylic acids is 1. The van der Waals surface area contributed by atoms with Gasteiger partial charge in [0.25, 0.3) is 0 Å². The van der Waals surface area contributed by atoms with Gasteiger partial charge in [-0.15, -0.1) is 0 Å². The molecular formula is C29H29N3OS. The van der Waals surface area contributed by atoms with Gasteiger partial charge >= 0.3 is 0 Å². The fourth-order valence-electron chi connectivity index (χ4n) is 4.42. The van der Waals surface area contributed by atoms with Crippen molar-refractivity contribution < 1.29 is 4.79 Å². The molecule has 1 aromatic heterocycles. The van der Waals surface area contributed by atoms with Crippen LogP contribution in [0.25, 0.3) is 21.7 Å². The van der Waals surface area contributed by atoms with Crippen LogP contribution in [-0.2, 0) is 11.3 Å². The minimum atomic E-state index is 0.110. The number of rotatable bonds is 7. The fraction of sp³-hybridized carbons (Fsp3) is 0.241. The lowest BCUT2D eigenvalue weighted by Gasteiger charge is -2.28. The molecule has 1 aliphatic rings. The highest BCUT2D eigenvalue weighted by Gasteiger charge is 2.25. The van der Waals surface area contributed by atoms with Crippen molar-refractivity contribution >= 4 is 22.4 Å². The second-order valence-electron chi connectivity index (χ2n) is 8.71. The molecule has 0 spiro atoms. The van der Waals surface area contributed by atoms with E-state index in [9.17, 15) is 4.79 Å². The standard InChI is InChI=1S/C29H29N3OS/c33-26(22-31-19-11-4-12-20-31)32(21-23-13-5-1-6-14-23)29-30-27(24-15-7-2-8-16-24)28(34-29)25-17-9-3-10-18-25/h1-3,5-10,13-18H,4,11-12,19-22H2. The first-order valence-corrected chi connectivity index (χ1v) is 12.8. The van der Waals surface area contributed by atoms with Gasteiger partial charge in [-0.3, -0.25) is 14.6 Å². The zero-order valence-electron chi connectivity index (χ0n) is 19.3. The first kappa shape index (κ1) is 22.5. The highest BCUT2D eigenvalue weighted by molar-refractivity contribution is 7.19. The molecule has 1 fully saturated rings. The number of anilines is 1. The van der Waals surface area contributed by atoms with E-state index < -0.39 is 0 Å². The molecule has 5 heteroatoms. The summed E-state index contributed by atoms with van der Waals surface area (Å²) in [5, 5.41) is 0.753. The zero-order valence-corrected chi connectivity index (χ0v) is 20.1. The summed E-state index contributed by atoms with van der Waals surface area (Å²) in [5.41, 5.74) is 4.21. The Kier molecular flexibility index (Phi) is 7.13. The minimum Gasteiger partial charge on any atom is -0.294 e. The van der Waals surface area contributed by atoms with Crippen LogP contribution in [0.4, 0.5) is 5.13 Å². The molecule has 1 amide bonds. The normalized spacial score (nSPS) is 14.1. The van der Waals surface area contributed by atoms with Crippen molar-refractivity contribution in [1.82, 2.24) is 9.88 Å². The van der Waals surface area contributed by atoms with Crippen LogP contribution in [0.5, 0.6) is 0 Å². The number of piperidine rings is 1. The molecule has 172 valence electrons. The van der Waals surface area contributed by atoms with Crippen LogP contribution in [0.2, 0.25) is 0 Å². The Hall–Kier alpha value is -3.28. The molecule has 0 unspecified atom stereocenters. The lowest BCUT2D eigenvalue weighted by molar-refractivity contribution is -0.120. The van der Waals surface area contributed by atoms with Crippen LogP contribution in [0, 0.1) is 0 Å². The molecule has 3 aromatic carbocycles. The highest BCUT2D eigenvalue weighted by atomic mass is 32.1. The Morgan fingerprint density at radius 1 is 0.794 bits per heavy atom. The molecule has 1 aliphatic heterocycles. The molecule has 2 heterocycles. The van der Waals surface area contributed by atoms with Crippen molar-refractivity contribution in [2.24, 2.45) is 0 Å². The van der Waals surface area contributed by atoms with Crippen molar-refractivity contribution in [2.45, 2.75) is 25.8 Å². The maximum Gasteiger partial charge on any atom is 0.243 e. The minimum absolute atomic E-state index is 0.110. The molecule has 0 atom stereocenters. The SMILES string of the molecule is O=C(CN1CCCCC1)N(Cc1ccccc1)c1nc(-c2ccccc2)c(-c2ccccc2)s1. The van der Waals surface area contributed by atoms with Gasteiger partial charge in [-0.05, 0) is 37.1 Å². The first-order chi connectivity index (χ1) is 16.8. The van der Waals surface area contributed by atoms with Crippen LogP contribution in [0.15, 0.2) is 91.0 Å². The molecule has 4 aromatic rings. The second-order valence-corrected chi connectivity index (χ2v) is 9.69. The van der Waals surface area contributed by atoms with Gasteiger partial charge in [0, 0.05) is 5.56 Å². The molecular weight excluding hydrogens is 438 g/mol. The molecule has 4 nitrogen and oxygen atoms in total. The fourth-order valence-corrected chi connectivity index (χ4v) is 5.53. The predicted octanol–water partition coefficient (Wildman–Crippen LogP) is 6.50. The summed E-state index contributed by atoms with van der Waals surface area (Å²) in [6.45, 7) is 2.94. The molecule has 0 bridgehead atoms. The van der Waals surface area contributed by atoms with E-state index >= 15 is 0 Å². The molecule has 0 radical (unpaired) electrons. The van der Waals surface area contributed by atoms with Gasteiger partial charge in [0.05, 0.1) is 23.7 Å². The summed E-state index contributed by atoms with van der Waals surface area (Å²) in [7, 11) is 0. The molecule has 5 rings (SSSR count). The summed E-state index contributed by atoms with van der Waals surface area (Å²) < 4.78 is 0. The van der Waals surface area contributed by atoms with E-state index in [0.29, 0.717) is 13.1 Å². The first-order valence-electron chi connectivity index (χ1n) is 12.0. The van der Waals surface area contributed by atoms with Gasteiger partial charge in [-0.2, -0.15) is 0 Å². The van der Waals surface area contributed by atoms with E-state index in [0.717, 1.165) is 45.5 Å². The second kappa shape index (κ2) is 10.8. The topological polar surface area (TPSA) is 36.4 Å². The number of thiazole rings is 1. The van der Waals surface area contributed by atoms with Crippen LogP contribution in [0.1, 0.15) is 24.8 Å². The number of aromatic nitrogens is 1. The third kappa shape index (κ3) is 5.27. The van der Waals surface area contributed by atoms with Gasteiger partial charge in [-0.1, -0.05) is 109 Å². The number of benzene rings is 3. The Balaban J connectivity index is 1.54. The number of hydrogen-bond donors (Lipinski definition) is 0. The monoisotopic (exact) mass is 467 g/mol. The van der Waals surface area contributed by atoms with Crippen LogP contribution >= 0.6 is 11.3 Å². The average Bonchev–Trinajstić information content (AvgIpc) is 3.35. The predicted molar refractivity (Wildman–Crippen MR) is 141 cm³/mol. The lowest BCUT2D eigenvalue weighted by Crippen LogP contribution is -2.42. The Bertz CT molecular complexity index is 1150. The van der Waals surface area contributed by atoms with E-state index in [1.807, 2.05) is 59.5 Å². The quantitative estimate of drug-likeness (QED) is 0.311. The largest absolute Gasteiger partial charge is 0.294 e. The Morgan fingerprint density at radius 3 is 2.03 bits per heavy atom. The number of likely N-dealkylation sites (tertiary alicyclic amines) is 1. The Morgan fingerprint density at radius 2 is 1.38 bits per heavy atom. The number of nitrogens with zero attached hydrogens (tertiary/aromatic N) is 3. The molecule has 1 saturated heterocycles. The van der Waals surface area contributed by atoms with E-state index in [1.54, 1.807) is 11.3 Å². The van der Waals surface area contributed by atoms with Crippen molar-refractivity contribution in [3.8, 4) is 21.7 Å². The van der Waals surface area contributed by atoms with Crippen molar-refractivity contribution in [1.29, 1.82) is 0 Å². The van der Waals surface area contributed by atoms with Gasteiger partial charge in [0.15, 0.2) is 5.13 Å². The lowest BCUT2D eigenvalue weighted by atomic mass is 10.1. The molecule has 0 N–H and O–H groups in total.